The first-order valence-corrected chi connectivity index (χ1v) is 4.04. The summed E-state index contributed by atoms with van der Waals surface area (Å²) < 4.78 is 5.05. The van der Waals surface area contributed by atoms with Gasteiger partial charge in [0.2, 0.25) is 5.88 Å². The van der Waals surface area contributed by atoms with E-state index in [0.29, 0.717) is 13.0 Å². The summed E-state index contributed by atoms with van der Waals surface area (Å²) in [6, 6.07) is 2.73. The zero-order valence-corrected chi connectivity index (χ0v) is 7.38. The number of carbonyl (C=O) groups is 1. The van der Waals surface area contributed by atoms with E-state index in [1.165, 1.54) is 12.1 Å². The van der Waals surface area contributed by atoms with E-state index in [0.717, 1.165) is 0 Å². The quantitative estimate of drug-likeness (QED) is 0.643. The maximum Gasteiger partial charge on any atom is 0.356 e. The highest BCUT2D eigenvalue weighted by atomic mass is 16.5. The van der Waals surface area contributed by atoms with Crippen molar-refractivity contribution in [2.75, 3.05) is 13.2 Å². The zero-order chi connectivity index (χ0) is 10.4. The number of hydrogen-bond acceptors (Lipinski definition) is 5. The van der Waals surface area contributed by atoms with Gasteiger partial charge < -0.3 is 14.9 Å². The minimum atomic E-state index is -1.13. The van der Waals surface area contributed by atoms with Crippen molar-refractivity contribution in [3.05, 3.63) is 17.8 Å². The number of carboxylic acid groups (broad SMARTS) is 1. The van der Waals surface area contributed by atoms with Gasteiger partial charge in [0.1, 0.15) is 0 Å². The number of aliphatic hydroxyl groups excluding tert-OH is 1. The lowest BCUT2D eigenvalue weighted by molar-refractivity contribution is 0.0689. The summed E-state index contributed by atoms with van der Waals surface area (Å²) >= 11 is 0. The molecule has 2 N–H and O–H groups in total. The maximum atomic E-state index is 10.4. The van der Waals surface area contributed by atoms with E-state index >= 15 is 0 Å². The van der Waals surface area contributed by atoms with Crippen molar-refractivity contribution in [1.82, 2.24) is 10.2 Å². The average Bonchev–Trinajstić information content (AvgIpc) is 2.19. The largest absolute Gasteiger partial charge is 0.477 e. The predicted octanol–water partition coefficient (Wildman–Crippen LogP) is -0.0640. The van der Waals surface area contributed by atoms with E-state index in [1.54, 1.807) is 0 Å². The summed E-state index contributed by atoms with van der Waals surface area (Å²) in [5, 5.41) is 23.9. The van der Waals surface area contributed by atoms with Gasteiger partial charge in [0.25, 0.3) is 0 Å². The third-order valence-electron chi connectivity index (χ3n) is 1.41. The fraction of sp³-hybridized carbons (Fsp3) is 0.375. The number of aromatic nitrogens is 2. The zero-order valence-electron chi connectivity index (χ0n) is 7.38. The molecule has 0 aromatic carbocycles. The molecule has 0 atom stereocenters. The fourth-order valence-electron chi connectivity index (χ4n) is 0.752. The third kappa shape index (κ3) is 2.98. The van der Waals surface area contributed by atoms with Crippen molar-refractivity contribution < 1.29 is 19.7 Å². The Kier molecular flexibility index (Phi) is 3.81. The molecule has 1 rings (SSSR count). The molecule has 1 heterocycles. The number of rotatable bonds is 5. The van der Waals surface area contributed by atoms with E-state index in [-0.39, 0.29) is 18.2 Å². The van der Waals surface area contributed by atoms with E-state index in [9.17, 15) is 4.79 Å². The Morgan fingerprint density at radius 3 is 2.71 bits per heavy atom. The second kappa shape index (κ2) is 5.13. The standard InChI is InChI=1S/C8H10N2O4/c11-4-1-5-14-7-3-2-6(8(12)13)9-10-7/h2-3,11H,1,4-5H2,(H,12,13). The van der Waals surface area contributed by atoms with Gasteiger partial charge in [0.15, 0.2) is 5.69 Å². The van der Waals surface area contributed by atoms with Gasteiger partial charge in [-0.1, -0.05) is 0 Å². The number of hydrogen-bond donors (Lipinski definition) is 2. The van der Waals surface area contributed by atoms with Crippen LogP contribution in [0.1, 0.15) is 16.9 Å². The first kappa shape index (κ1) is 10.4. The Balaban J connectivity index is 2.51. The molecule has 0 spiro atoms. The van der Waals surface area contributed by atoms with Gasteiger partial charge in [0.05, 0.1) is 6.61 Å². The van der Waals surface area contributed by atoms with E-state index in [1.807, 2.05) is 0 Å². The molecule has 0 unspecified atom stereocenters. The van der Waals surface area contributed by atoms with Crippen molar-refractivity contribution in [3.8, 4) is 5.88 Å². The number of nitrogens with zero attached hydrogens (tertiary/aromatic N) is 2. The Bertz CT molecular complexity index is 299. The van der Waals surface area contributed by atoms with Gasteiger partial charge in [-0.15, -0.1) is 10.2 Å². The molecule has 0 aliphatic rings. The Morgan fingerprint density at radius 1 is 1.43 bits per heavy atom. The molecule has 76 valence electrons. The molecule has 0 amide bonds. The van der Waals surface area contributed by atoms with Crippen molar-refractivity contribution in [1.29, 1.82) is 0 Å². The lowest BCUT2D eigenvalue weighted by Gasteiger charge is -2.02. The van der Waals surface area contributed by atoms with Crippen LogP contribution in [0.5, 0.6) is 5.88 Å². The van der Waals surface area contributed by atoms with E-state index < -0.39 is 5.97 Å². The highest BCUT2D eigenvalue weighted by Gasteiger charge is 2.04. The number of aromatic carboxylic acids is 1. The van der Waals surface area contributed by atoms with Crippen LogP contribution in [0.2, 0.25) is 0 Å². The third-order valence-corrected chi connectivity index (χ3v) is 1.41. The molecule has 6 nitrogen and oxygen atoms in total. The molecule has 6 heteroatoms. The molecule has 1 aromatic heterocycles. The predicted molar refractivity (Wildman–Crippen MR) is 46.2 cm³/mol. The highest BCUT2D eigenvalue weighted by molar-refractivity contribution is 5.84. The smallest absolute Gasteiger partial charge is 0.356 e. The molecule has 0 saturated carbocycles. The van der Waals surface area contributed by atoms with Crippen LogP contribution in [-0.2, 0) is 0 Å². The lowest BCUT2D eigenvalue weighted by atomic mass is 10.4. The Labute approximate surface area is 80.2 Å². The van der Waals surface area contributed by atoms with Crippen molar-refractivity contribution in [2.24, 2.45) is 0 Å². The first-order valence-electron chi connectivity index (χ1n) is 4.04. The van der Waals surface area contributed by atoms with E-state index in [2.05, 4.69) is 10.2 Å². The monoisotopic (exact) mass is 198 g/mol. The number of aliphatic hydroxyl groups is 1. The van der Waals surface area contributed by atoms with Gasteiger partial charge in [-0.05, 0) is 6.07 Å². The summed E-state index contributed by atoms with van der Waals surface area (Å²) in [6.07, 6.45) is 0.502. The molecule has 1 aromatic rings. The molecular formula is C8H10N2O4. The summed E-state index contributed by atoms with van der Waals surface area (Å²) in [5.74, 6) is -0.872. The molecule has 0 aliphatic heterocycles. The molecule has 0 fully saturated rings. The van der Waals surface area contributed by atoms with Crippen LogP contribution < -0.4 is 4.74 Å². The summed E-state index contributed by atoms with van der Waals surface area (Å²) in [5.41, 5.74) is -0.125. The number of carboxylic acids is 1. The van der Waals surface area contributed by atoms with Crippen LogP contribution in [0, 0.1) is 0 Å². The summed E-state index contributed by atoms with van der Waals surface area (Å²) in [4.78, 5) is 10.4. The molecule has 0 bridgehead atoms. The normalized spacial score (nSPS) is 9.79. The van der Waals surface area contributed by atoms with Crippen LogP contribution in [-0.4, -0.2) is 39.6 Å². The number of ether oxygens (including phenoxy) is 1. The Hall–Kier alpha value is -1.69. The highest BCUT2D eigenvalue weighted by Crippen LogP contribution is 2.04. The maximum absolute atomic E-state index is 10.4. The van der Waals surface area contributed by atoms with Crippen molar-refractivity contribution >= 4 is 5.97 Å². The first-order chi connectivity index (χ1) is 6.74. The van der Waals surface area contributed by atoms with Crippen molar-refractivity contribution in [3.63, 3.8) is 0 Å². The second-order valence-corrected chi connectivity index (χ2v) is 2.49. The molecule has 0 aliphatic carbocycles. The van der Waals surface area contributed by atoms with Gasteiger partial charge in [0, 0.05) is 19.1 Å². The van der Waals surface area contributed by atoms with Gasteiger partial charge in [-0.2, -0.15) is 0 Å². The fourth-order valence-corrected chi connectivity index (χ4v) is 0.752. The molecule has 0 saturated heterocycles. The second-order valence-electron chi connectivity index (χ2n) is 2.49. The van der Waals surface area contributed by atoms with Crippen LogP contribution in [0.15, 0.2) is 12.1 Å². The van der Waals surface area contributed by atoms with Gasteiger partial charge in [-0.3, -0.25) is 0 Å². The van der Waals surface area contributed by atoms with Crippen LogP contribution in [0.4, 0.5) is 0 Å². The lowest BCUT2D eigenvalue weighted by Crippen LogP contribution is -2.05. The molecular weight excluding hydrogens is 188 g/mol. The summed E-state index contributed by atoms with van der Waals surface area (Å²) in [7, 11) is 0. The van der Waals surface area contributed by atoms with Gasteiger partial charge in [-0.25, -0.2) is 4.79 Å². The summed E-state index contributed by atoms with van der Waals surface area (Å²) in [6.45, 7) is 0.373. The van der Waals surface area contributed by atoms with Gasteiger partial charge >= 0.3 is 5.97 Å². The topological polar surface area (TPSA) is 92.5 Å². The SMILES string of the molecule is O=C(O)c1ccc(OCCCO)nn1. The minimum absolute atomic E-state index is 0.0423. The van der Waals surface area contributed by atoms with E-state index in [4.69, 9.17) is 14.9 Å². The molecule has 14 heavy (non-hydrogen) atoms. The van der Waals surface area contributed by atoms with Crippen LogP contribution >= 0.6 is 0 Å². The minimum Gasteiger partial charge on any atom is -0.477 e. The van der Waals surface area contributed by atoms with Crippen LogP contribution in [0.25, 0.3) is 0 Å². The van der Waals surface area contributed by atoms with Crippen molar-refractivity contribution in [2.45, 2.75) is 6.42 Å². The van der Waals surface area contributed by atoms with Crippen LogP contribution in [0.3, 0.4) is 0 Å². The average molecular weight is 198 g/mol. The Morgan fingerprint density at radius 2 is 2.21 bits per heavy atom. The molecule has 0 radical (unpaired) electrons.